The first-order chi connectivity index (χ1) is 12.2. The zero-order valence-electron chi connectivity index (χ0n) is 13.7. The summed E-state index contributed by atoms with van der Waals surface area (Å²) in [6.07, 6.45) is 0. The fraction of sp³-hybridized carbons (Fsp3) is 0.150. The van der Waals surface area contributed by atoms with E-state index in [4.69, 9.17) is 0 Å². The molecule has 0 fully saturated rings. The molecule has 0 saturated heterocycles. The van der Waals surface area contributed by atoms with Crippen molar-refractivity contribution in [1.82, 2.24) is 9.78 Å². The number of nitrogens with zero attached hydrogens (tertiary/aromatic N) is 3. The average molecular weight is 328 g/mol. The maximum atomic E-state index is 13.1. The van der Waals surface area contributed by atoms with Gasteiger partial charge in [0.1, 0.15) is 5.92 Å². The molecule has 1 N–H and O–H groups in total. The molecular formula is C20H16N4O. The van der Waals surface area contributed by atoms with Gasteiger partial charge < -0.3 is 0 Å². The number of para-hydroxylation sites is 1. The minimum Gasteiger partial charge on any atom is -0.295 e. The van der Waals surface area contributed by atoms with Gasteiger partial charge in [-0.1, -0.05) is 48.5 Å². The monoisotopic (exact) mass is 328 g/mol. The molecule has 0 saturated carbocycles. The molecular weight excluding hydrogens is 312 g/mol. The Morgan fingerprint density at radius 2 is 1.52 bits per heavy atom. The Morgan fingerprint density at radius 1 is 0.960 bits per heavy atom. The number of aromatic amines is 1. The zero-order valence-corrected chi connectivity index (χ0v) is 13.7. The van der Waals surface area contributed by atoms with E-state index in [1.165, 1.54) is 4.68 Å². The number of H-pyrrole nitrogens is 1. The molecule has 0 bridgehead atoms. The van der Waals surface area contributed by atoms with Crippen molar-refractivity contribution in [2.24, 2.45) is 5.92 Å². The van der Waals surface area contributed by atoms with Crippen LogP contribution in [0.2, 0.25) is 0 Å². The van der Waals surface area contributed by atoms with Crippen molar-refractivity contribution in [2.45, 2.75) is 12.8 Å². The third-order valence-corrected chi connectivity index (χ3v) is 4.21. The van der Waals surface area contributed by atoms with Crippen LogP contribution in [0.15, 0.2) is 65.5 Å². The third-order valence-electron chi connectivity index (χ3n) is 4.21. The van der Waals surface area contributed by atoms with Crippen LogP contribution in [-0.4, -0.2) is 9.78 Å². The molecule has 0 unspecified atom stereocenters. The first-order valence-electron chi connectivity index (χ1n) is 7.88. The fourth-order valence-corrected chi connectivity index (χ4v) is 3.05. The summed E-state index contributed by atoms with van der Waals surface area (Å²) in [6.45, 7) is 1.79. The Kier molecular flexibility index (Phi) is 4.50. The van der Waals surface area contributed by atoms with Crippen LogP contribution in [-0.2, 0) is 0 Å². The number of aromatic nitrogens is 2. The van der Waals surface area contributed by atoms with E-state index in [2.05, 4.69) is 5.10 Å². The van der Waals surface area contributed by atoms with Crippen molar-refractivity contribution in [2.75, 3.05) is 0 Å². The van der Waals surface area contributed by atoms with E-state index in [0.717, 1.165) is 5.56 Å². The Labute approximate surface area is 145 Å². The molecule has 1 aromatic heterocycles. The summed E-state index contributed by atoms with van der Waals surface area (Å²) in [4.78, 5) is 13.1. The Bertz CT molecular complexity index is 990. The smallest absolute Gasteiger partial charge is 0.275 e. The molecule has 3 aromatic rings. The van der Waals surface area contributed by atoms with Gasteiger partial charge in [-0.05, 0) is 24.6 Å². The highest BCUT2D eigenvalue weighted by atomic mass is 16.1. The van der Waals surface area contributed by atoms with Gasteiger partial charge in [-0.2, -0.15) is 10.5 Å². The minimum absolute atomic E-state index is 0.243. The van der Waals surface area contributed by atoms with Crippen molar-refractivity contribution < 1.29 is 0 Å². The number of benzene rings is 2. The predicted molar refractivity (Wildman–Crippen MR) is 94.1 cm³/mol. The minimum atomic E-state index is -0.950. The van der Waals surface area contributed by atoms with Gasteiger partial charge in [0.05, 0.1) is 17.8 Å². The molecule has 2 aromatic carbocycles. The van der Waals surface area contributed by atoms with Gasteiger partial charge in [0.2, 0.25) is 0 Å². The van der Waals surface area contributed by atoms with Gasteiger partial charge in [0.25, 0.3) is 5.56 Å². The molecule has 0 aliphatic carbocycles. The number of aryl methyl sites for hydroxylation is 1. The Morgan fingerprint density at radius 3 is 2.08 bits per heavy atom. The van der Waals surface area contributed by atoms with Gasteiger partial charge in [-0.25, -0.2) is 4.68 Å². The summed E-state index contributed by atoms with van der Waals surface area (Å²) in [5.74, 6) is -1.56. The number of hydrogen-bond donors (Lipinski definition) is 1. The second kappa shape index (κ2) is 6.90. The van der Waals surface area contributed by atoms with Gasteiger partial charge in [0.15, 0.2) is 0 Å². The normalized spacial score (nSPS) is 11.7. The van der Waals surface area contributed by atoms with E-state index in [0.29, 0.717) is 16.9 Å². The number of nitriles is 2. The largest absolute Gasteiger partial charge is 0.295 e. The number of hydrogen-bond acceptors (Lipinski definition) is 3. The van der Waals surface area contributed by atoms with Crippen molar-refractivity contribution in [3.05, 3.63) is 87.8 Å². The highest BCUT2D eigenvalue weighted by Gasteiger charge is 2.30. The first-order valence-corrected chi connectivity index (χ1v) is 7.88. The lowest BCUT2D eigenvalue weighted by Crippen LogP contribution is -2.23. The summed E-state index contributed by atoms with van der Waals surface area (Å²) in [7, 11) is 0. The van der Waals surface area contributed by atoms with E-state index in [-0.39, 0.29) is 5.56 Å². The summed E-state index contributed by atoms with van der Waals surface area (Å²) < 4.78 is 1.45. The van der Waals surface area contributed by atoms with Crippen LogP contribution >= 0.6 is 0 Å². The summed E-state index contributed by atoms with van der Waals surface area (Å²) >= 11 is 0. The lowest BCUT2D eigenvalue weighted by Gasteiger charge is -2.16. The van der Waals surface area contributed by atoms with Crippen LogP contribution in [0.3, 0.4) is 0 Å². The highest BCUT2D eigenvalue weighted by molar-refractivity contribution is 5.40. The summed E-state index contributed by atoms with van der Waals surface area (Å²) in [5.41, 5.74) is 2.34. The van der Waals surface area contributed by atoms with Crippen molar-refractivity contribution in [1.29, 1.82) is 10.5 Å². The molecule has 5 nitrogen and oxygen atoms in total. The van der Waals surface area contributed by atoms with Crippen molar-refractivity contribution in [3.63, 3.8) is 0 Å². The molecule has 0 spiro atoms. The van der Waals surface area contributed by atoms with Gasteiger partial charge in [0, 0.05) is 17.2 Å². The van der Waals surface area contributed by atoms with Crippen LogP contribution in [0, 0.1) is 35.5 Å². The molecule has 0 radical (unpaired) electrons. The molecule has 122 valence electrons. The topological polar surface area (TPSA) is 85.4 Å². The van der Waals surface area contributed by atoms with E-state index in [1.54, 1.807) is 6.92 Å². The maximum Gasteiger partial charge on any atom is 0.275 e. The average Bonchev–Trinajstić information content (AvgIpc) is 2.95. The lowest BCUT2D eigenvalue weighted by atomic mass is 9.82. The summed E-state index contributed by atoms with van der Waals surface area (Å²) in [6, 6.07) is 22.5. The summed E-state index contributed by atoms with van der Waals surface area (Å²) in [5, 5.41) is 21.9. The Hall–Kier alpha value is -3.57. The molecule has 0 aliphatic rings. The van der Waals surface area contributed by atoms with Crippen LogP contribution in [0.25, 0.3) is 5.69 Å². The highest BCUT2D eigenvalue weighted by Crippen LogP contribution is 2.31. The molecule has 25 heavy (non-hydrogen) atoms. The van der Waals surface area contributed by atoms with Gasteiger partial charge in [-0.3, -0.25) is 9.89 Å². The van der Waals surface area contributed by atoms with Crippen LogP contribution in [0.5, 0.6) is 0 Å². The fourth-order valence-electron chi connectivity index (χ4n) is 3.05. The third kappa shape index (κ3) is 2.96. The number of nitrogens with one attached hydrogen (secondary N) is 1. The molecule has 0 amide bonds. The quantitative estimate of drug-likeness (QED) is 0.797. The molecule has 0 aliphatic heterocycles. The van der Waals surface area contributed by atoms with Gasteiger partial charge >= 0.3 is 0 Å². The van der Waals surface area contributed by atoms with E-state index in [9.17, 15) is 15.3 Å². The van der Waals surface area contributed by atoms with E-state index >= 15 is 0 Å². The molecule has 5 heteroatoms. The van der Waals surface area contributed by atoms with E-state index in [1.807, 2.05) is 72.8 Å². The maximum absolute atomic E-state index is 13.1. The second-order valence-electron chi connectivity index (χ2n) is 5.75. The Balaban J connectivity index is 2.22. The van der Waals surface area contributed by atoms with Crippen LogP contribution in [0.1, 0.15) is 22.7 Å². The van der Waals surface area contributed by atoms with Crippen LogP contribution < -0.4 is 5.56 Å². The van der Waals surface area contributed by atoms with Crippen LogP contribution in [0.4, 0.5) is 0 Å². The molecule has 1 heterocycles. The SMILES string of the molecule is Cc1[nH]n(-c2ccccc2)c(=O)c1[C@H](c1ccccc1)C(C#N)C#N. The first kappa shape index (κ1) is 16.3. The van der Waals surface area contributed by atoms with E-state index < -0.39 is 11.8 Å². The predicted octanol–water partition coefficient (Wildman–Crippen LogP) is 3.27. The van der Waals surface area contributed by atoms with Crippen molar-refractivity contribution in [3.8, 4) is 17.8 Å². The molecule has 3 rings (SSSR count). The molecule has 1 atom stereocenters. The number of rotatable bonds is 4. The standard InChI is InChI=1S/C20H16N4O/c1-14-18(20(25)24(23-14)17-10-6-3-7-11-17)19(16(12-21)13-22)15-8-4-2-5-9-15/h2-11,16,19,23H,1H3/t19-/m1/s1. The van der Waals surface area contributed by atoms with Gasteiger partial charge in [-0.15, -0.1) is 0 Å². The lowest BCUT2D eigenvalue weighted by molar-refractivity contribution is 0.699. The zero-order chi connectivity index (χ0) is 17.8. The second-order valence-corrected chi connectivity index (χ2v) is 5.75. The van der Waals surface area contributed by atoms with Crippen molar-refractivity contribution >= 4 is 0 Å².